The summed E-state index contributed by atoms with van der Waals surface area (Å²) in [5.74, 6) is -4.19. The molecule has 0 aromatic heterocycles. The van der Waals surface area contributed by atoms with E-state index >= 15 is 0 Å². The van der Waals surface area contributed by atoms with E-state index in [1.807, 2.05) is 26.0 Å². The van der Waals surface area contributed by atoms with Crippen LogP contribution in [0.5, 0.6) is 5.75 Å². The molecule has 3 rings (SSSR count). The molecule has 0 saturated heterocycles. The van der Waals surface area contributed by atoms with Gasteiger partial charge in [-0.1, -0.05) is 58.4 Å². The molecule has 2 N–H and O–H groups in total. The van der Waals surface area contributed by atoms with Gasteiger partial charge in [0, 0.05) is 24.2 Å². The summed E-state index contributed by atoms with van der Waals surface area (Å²) in [6.45, 7) is 10.5. The molecule has 254 valence electrons. The van der Waals surface area contributed by atoms with E-state index in [0.29, 0.717) is 37.1 Å². The van der Waals surface area contributed by atoms with Crippen molar-refractivity contribution in [2.75, 3.05) is 18.5 Å². The molecule has 0 aliphatic carbocycles. The summed E-state index contributed by atoms with van der Waals surface area (Å²) < 4.78 is 82.6. The van der Waals surface area contributed by atoms with Gasteiger partial charge < -0.3 is 20.1 Å². The Labute approximate surface area is 265 Å². The van der Waals surface area contributed by atoms with Crippen molar-refractivity contribution in [2.45, 2.75) is 66.7 Å². The number of anilines is 1. The van der Waals surface area contributed by atoms with E-state index in [-0.39, 0.29) is 37.0 Å². The fraction of sp³-hybridized carbons (Fsp3) is 0.364. The van der Waals surface area contributed by atoms with E-state index in [2.05, 4.69) is 23.9 Å². The van der Waals surface area contributed by atoms with Crippen molar-refractivity contribution in [3.8, 4) is 5.75 Å². The van der Waals surface area contributed by atoms with Crippen molar-refractivity contribution in [2.24, 2.45) is 0 Å². The number of carbonyl (C=O) groups is 3. The second-order valence-corrected chi connectivity index (χ2v) is 8.91. The highest BCUT2D eigenvalue weighted by Crippen LogP contribution is 2.23. The predicted octanol–water partition coefficient (Wildman–Crippen LogP) is 8.17. The lowest BCUT2D eigenvalue weighted by molar-refractivity contribution is -0.274. The Morgan fingerprint density at radius 3 is 1.74 bits per heavy atom. The molecule has 0 fully saturated rings. The Hall–Kier alpha value is -4.55. The first-order valence-corrected chi connectivity index (χ1v) is 14.6. The smallest absolute Gasteiger partial charge is 0.466 e. The number of hydrogen-bond acceptors (Lipinski definition) is 5. The molecule has 0 heterocycles. The lowest BCUT2D eigenvalue weighted by atomic mass is 10.0. The molecule has 13 heteroatoms. The zero-order chi connectivity index (χ0) is 35.1. The number of hydrogen-bond donors (Lipinski definition) is 2. The van der Waals surface area contributed by atoms with E-state index < -0.39 is 29.5 Å². The summed E-state index contributed by atoms with van der Waals surface area (Å²) in [6.07, 6.45) is -1.92. The maximum Gasteiger partial charge on any atom is 0.573 e. The van der Waals surface area contributed by atoms with Gasteiger partial charge in [0.1, 0.15) is 17.3 Å². The van der Waals surface area contributed by atoms with Crippen LogP contribution in [0.2, 0.25) is 0 Å². The van der Waals surface area contributed by atoms with Gasteiger partial charge in [-0.15, -0.1) is 13.2 Å². The molecular formula is C33H40F6N2O5. The summed E-state index contributed by atoms with van der Waals surface area (Å²) in [6, 6.07) is 13.7. The van der Waals surface area contributed by atoms with Crippen molar-refractivity contribution < 1.29 is 50.2 Å². The topological polar surface area (TPSA) is 93.7 Å². The second kappa shape index (κ2) is 22.9. The van der Waals surface area contributed by atoms with Gasteiger partial charge in [-0.2, -0.15) is 0 Å². The summed E-state index contributed by atoms with van der Waals surface area (Å²) in [5, 5.41) is 4.43. The second-order valence-electron chi connectivity index (χ2n) is 8.91. The van der Waals surface area contributed by atoms with Gasteiger partial charge in [-0.05, 0) is 55.2 Å². The summed E-state index contributed by atoms with van der Waals surface area (Å²) in [4.78, 5) is 33.1. The predicted molar refractivity (Wildman–Crippen MR) is 164 cm³/mol. The fourth-order valence-electron chi connectivity index (χ4n) is 3.32. The molecule has 7 nitrogen and oxygen atoms in total. The number of alkyl halides is 3. The largest absolute Gasteiger partial charge is 0.573 e. The molecule has 46 heavy (non-hydrogen) atoms. The highest BCUT2D eigenvalue weighted by Gasteiger charge is 2.30. The van der Waals surface area contributed by atoms with E-state index in [1.54, 1.807) is 36.5 Å². The minimum Gasteiger partial charge on any atom is -0.466 e. The van der Waals surface area contributed by atoms with Crippen LogP contribution in [0.4, 0.5) is 32.0 Å². The van der Waals surface area contributed by atoms with Crippen LogP contribution in [0.3, 0.4) is 0 Å². The van der Waals surface area contributed by atoms with Crippen LogP contribution >= 0.6 is 0 Å². The Morgan fingerprint density at radius 1 is 0.826 bits per heavy atom. The average molecular weight is 659 g/mol. The van der Waals surface area contributed by atoms with Crippen molar-refractivity contribution >= 4 is 24.0 Å². The van der Waals surface area contributed by atoms with Crippen molar-refractivity contribution in [1.82, 2.24) is 5.32 Å². The molecule has 0 spiro atoms. The van der Waals surface area contributed by atoms with Gasteiger partial charge in [0.25, 0.3) is 5.91 Å². The number of aryl methyl sites for hydroxylation is 2. The first-order valence-electron chi connectivity index (χ1n) is 14.6. The minimum atomic E-state index is -4.70. The maximum atomic E-state index is 12.6. The molecule has 0 aliphatic heterocycles. The lowest BCUT2D eigenvalue weighted by Gasteiger charge is -2.09. The SMILES string of the molecule is CC.CCC.CCOC(=O)CCNC(=O)c1ccc(CCc2ccc(OC(F)(F)F)cc2)cc1.O=CNc1c(F)cc(F)cc1F. The number of rotatable bonds is 11. The Morgan fingerprint density at radius 2 is 1.30 bits per heavy atom. The lowest BCUT2D eigenvalue weighted by Crippen LogP contribution is -2.26. The van der Waals surface area contributed by atoms with E-state index in [9.17, 15) is 40.7 Å². The number of nitrogens with one attached hydrogen (secondary N) is 2. The van der Waals surface area contributed by atoms with Gasteiger partial charge in [0.15, 0.2) is 11.6 Å². The first-order chi connectivity index (χ1) is 21.8. The van der Waals surface area contributed by atoms with Crippen LogP contribution in [0, 0.1) is 17.5 Å². The molecule has 3 aromatic rings. The number of halogens is 6. The number of carbonyl (C=O) groups excluding carboxylic acids is 3. The third-order valence-corrected chi connectivity index (χ3v) is 5.21. The molecule has 0 bridgehead atoms. The Balaban J connectivity index is 0.000000984. The van der Waals surface area contributed by atoms with Crippen LogP contribution in [0.1, 0.15) is 68.9 Å². The van der Waals surface area contributed by atoms with Crippen molar-refractivity contribution in [3.63, 3.8) is 0 Å². The highest BCUT2D eigenvalue weighted by molar-refractivity contribution is 5.94. The Bertz CT molecular complexity index is 1290. The zero-order valence-corrected chi connectivity index (χ0v) is 26.4. The molecule has 0 atom stereocenters. The van der Waals surface area contributed by atoms with Crippen LogP contribution in [-0.2, 0) is 27.2 Å². The summed E-state index contributed by atoms with van der Waals surface area (Å²) in [7, 11) is 0. The molecule has 0 aliphatic rings. The molecule has 0 saturated carbocycles. The van der Waals surface area contributed by atoms with Gasteiger partial charge in [-0.3, -0.25) is 14.4 Å². The number of ether oxygens (including phenoxy) is 2. The quantitative estimate of drug-likeness (QED) is 0.123. The zero-order valence-electron chi connectivity index (χ0n) is 26.4. The van der Waals surface area contributed by atoms with Gasteiger partial charge in [0.2, 0.25) is 6.41 Å². The average Bonchev–Trinajstić information content (AvgIpc) is 3.00. The standard InChI is InChI=1S/C21H22F3NO4.C7H4F3NO.C3H8.C2H6/c1-2-28-19(26)13-14-25-20(27)17-9-5-15(6-10-17)3-4-16-7-11-18(12-8-16)29-21(22,23)24;8-4-1-5(9)7(11-3-12)6(10)2-4;1-3-2;1-2/h5-12H,2-4,13-14H2,1H3,(H,25,27);1-3H,(H,11,12);3H2,1-2H3;1-2H3. The van der Waals surface area contributed by atoms with Crippen LogP contribution in [-0.4, -0.2) is 37.8 Å². The number of amides is 2. The van der Waals surface area contributed by atoms with Crippen LogP contribution < -0.4 is 15.4 Å². The summed E-state index contributed by atoms with van der Waals surface area (Å²) in [5.41, 5.74) is 1.70. The van der Waals surface area contributed by atoms with E-state index in [1.165, 1.54) is 18.6 Å². The van der Waals surface area contributed by atoms with Gasteiger partial charge >= 0.3 is 12.3 Å². The Kier molecular flexibility index (Phi) is 20.6. The molecule has 3 aromatic carbocycles. The van der Waals surface area contributed by atoms with Gasteiger partial charge in [0.05, 0.1) is 13.0 Å². The van der Waals surface area contributed by atoms with Crippen LogP contribution in [0.25, 0.3) is 0 Å². The minimum absolute atomic E-state index is 0.111. The molecule has 0 radical (unpaired) electrons. The van der Waals surface area contributed by atoms with E-state index in [4.69, 9.17) is 4.74 Å². The molecule has 0 unspecified atom stereocenters. The van der Waals surface area contributed by atoms with Gasteiger partial charge in [-0.25, -0.2) is 13.2 Å². The first kappa shape index (κ1) is 41.4. The van der Waals surface area contributed by atoms with Crippen molar-refractivity contribution in [1.29, 1.82) is 0 Å². The monoisotopic (exact) mass is 658 g/mol. The third-order valence-electron chi connectivity index (χ3n) is 5.21. The van der Waals surface area contributed by atoms with E-state index in [0.717, 1.165) is 11.1 Å². The number of esters is 1. The maximum absolute atomic E-state index is 12.6. The molecular weight excluding hydrogens is 618 g/mol. The number of benzene rings is 3. The van der Waals surface area contributed by atoms with Crippen LogP contribution in [0.15, 0.2) is 60.7 Å². The normalized spacial score (nSPS) is 9.98. The molecule has 2 amide bonds. The summed E-state index contributed by atoms with van der Waals surface area (Å²) >= 11 is 0. The third kappa shape index (κ3) is 17.7. The fourth-order valence-corrected chi connectivity index (χ4v) is 3.32. The highest BCUT2D eigenvalue weighted by atomic mass is 19.4. The van der Waals surface area contributed by atoms with Crippen molar-refractivity contribution in [3.05, 3.63) is 94.8 Å².